The van der Waals surface area contributed by atoms with E-state index < -0.39 is 23.8 Å². The van der Waals surface area contributed by atoms with Gasteiger partial charge in [0.2, 0.25) is 0 Å². The molecule has 0 saturated carbocycles. The van der Waals surface area contributed by atoms with E-state index in [4.69, 9.17) is 14.2 Å². The Hall–Kier alpha value is -2.62. The smallest absolute Gasteiger partial charge is 0.412 e. The van der Waals surface area contributed by atoms with E-state index in [9.17, 15) is 14.7 Å². The van der Waals surface area contributed by atoms with Gasteiger partial charge in [0, 0.05) is 29.5 Å². The van der Waals surface area contributed by atoms with Crippen molar-refractivity contribution in [1.82, 2.24) is 15.5 Å². The van der Waals surface area contributed by atoms with Crippen LogP contribution in [0.4, 0.5) is 9.59 Å². The summed E-state index contributed by atoms with van der Waals surface area (Å²) < 4.78 is 17.2. The predicted molar refractivity (Wildman–Crippen MR) is 139 cm³/mol. The Labute approximate surface area is 219 Å². The fraction of sp³-hybridized carbons (Fsp3) is 0.643. The molecule has 2 fully saturated rings. The van der Waals surface area contributed by atoms with Gasteiger partial charge in [-0.2, -0.15) is 0 Å². The van der Waals surface area contributed by atoms with E-state index in [1.54, 1.807) is 4.90 Å². The fourth-order valence-corrected chi connectivity index (χ4v) is 5.28. The maximum atomic E-state index is 13.1. The van der Waals surface area contributed by atoms with Crippen molar-refractivity contribution in [2.45, 2.75) is 71.4 Å². The van der Waals surface area contributed by atoms with Gasteiger partial charge in [-0.3, -0.25) is 0 Å². The first-order chi connectivity index (χ1) is 17.5. The quantitative estimate of drug-likeness (QED) is 0.465. The number of nitrogens with zero attached hydrogens (tertiary/aromatic N) is 1. The number of hydrogen-bond acceptors (Lipinski definition) is 6. The summed E-state index contributed by atoms with van der Waals surface area (Å²) in [6, 6.07) is 8.74. The monoisotopic (exact) mass is 515 g/mol. The highest BCUT2D eigenvalue weighted by Gasteiger charge is 2.49. The topological polar surface area (TPSA) is 109 Å². The third kappa shape index (κ3) is 7.03. The Balaban J connectivity index is 1.47. The number of nitrogens with one attached hydrogen (secondary N) is 2. The molecule has 3 amide bonds. The highest BCUT2D eigenvalue weighted by Crippen LogP contribution is 2.48. The number of amides is 3. The summed E-state index contributed by atoms with van der Waals surface area (Å²) in [6.07, 6.45) is -0.617. The molecule has 1 aliphatic carbocycles. The van der Waals surface area contributed by atoms with Gasteiger partial charge in [-0.25, -0.2) is 9.59 Å². The molecule has 4 rings (SSSR count). The molecule has 9 heteroatoms. The van der Waals surface area contributed by atoms with Gasteiger partial charge in [0.1, 0.15) is 5.76 Å². The summed E-state index contributed by atoms with van der Waals surface area (Å²) in [5.41, 5.74) is 1.55. The van der Waals surface area contributed by atoms with Crippen molar-refractivity contribution in [3.05, 3.63) is 47.2 Å². The number of aliphatic hydroxyl groups is 1. The minimum absolute atomic E-state index is 0.0472. The van der Waals surface area contributed by atoms with Crippen molar-refractivity contribution in [3.63, 3.8) is 0 Å². The average Bonchev–Trinajstić information content (AvgIpc) is 3.34. The Morgan fingerprint density at radius 3 is 2.57 bits per heavy atom. The maximum absolute atomic E-state index is 13.1. The summed E-state index contributed by atoms with van der Waals surface area (Å²) >= 11 is 0. The summed E-state index contributed by atoms with van der Waals surface area (Å²) in [4.78, 5) is 27.7. The molecule has 1 aromatic carbocycles. The lowest BCUT2D eigenvalue weighted by Crippen LogP contribution is -2.55. The summed E-state index contributed by atoms with van der Waals surface area (Å²) in [5.74, 6) is 1.05. The van der Waals surface area contributed by atoms with Crippen LogP contribution in [-0.4, -0.2) is 72.4 Å². The molecule has 2 heterocycles. The molecule has 37 heavy (non-hydrogen) atoms. The lowest BCUT2D eigenvalue weighted by Gasteiger charge is -2.33. The molecule has 3 N–H and O–H groups in total. The van der Waals surface area contributed by atoms with Crippen LogP contribution in [0.1, 0.15) is 46.6 Å². The SMILES string of the molecule is CC(C)CN(C[C@@H](O)[C@H](Cc1ccccc1)NC(=O)OC1=C2COC3OCC1CC23)C(=O)NC(C)(C)C. The van der Waals surface area contributed by atoms with Crippen LogP contribution in [-0.2, 0) is 20.6 Å². The molecule has 204 valence electrons. The van der Waals surface area contributed by atoms with Crippen molar-refractivity contribution in [2.75, 3.05) is 26.3 Å². The van der Waals surface area contributed by atoms with E-state index in [-0.39, 0.29) is 36.6 Å². The van der Waals surface area contributed by atoms with Crippen molar-refractivity contribution in [2.24, 2.45) is 17.8 Å². The van der Waals surface area contributed by atoms with Gasteiger partial charge in [0.25, 0.3) is 0 Å². The normalized spacial score (nSPS) is 24.1. The lowest BCUT2D eigenvalue weighted by atomic mass is 9.99. The maximum Gasteiger partial charge on any atom is 0.412 e. The van der Waals surface area contributed by atoms with E-state index >= 15 is 0 Å². The van der Waals surface area contributed by atoms with Crippen molar-refractivity contribution in [1.29, 1.82) is 0 Å². The van der Waals surface area contributed by atoms with E-state index in [0.717, 1.165) is 17.6 Å². The van der Waals surface area contributed by atoms with Crippen LogP contribution >= 0.6 is 0 Å². The number of rotatable bonds is 9. The Morgan fingerprint density at radius 2 is 1.89 bits per heavy atom. The summed E-state index contributed by atoms with van der Waals surface area (Å²) in [5, 5.41) is 17.2. The second-order valence-corrected chi connectivity index (χ2v) is 11.8. The number of fused-ring (bicyclic) bond motifs is 1. The highest BCUT2D eigenvalue weighted by molar-refractivity contribution is 5.75. The molecule has 5 atom stereocenters. The van der Waals surface area contributed by atoms with E-state index in [0.29, 0.717) is 31.9 Å². The first-order valence-corrected chi connectivity index (χ1v) is 13.2. The third-order valence-electron chi connectivity index (χ3n) is 6.90. The fourth-order valence-electron chi connectivity index (χ4n) is 5.28. The molecule has 3 unspecified atom stereocenters. The minimum Gasteiger partial charge on any atom is -0.414 e. The molecule has 0 spiro atoms. The Bertz CT molecular complexity index is 989. The number of ether oxygens (including phenoxy) is 3. The molecular formula is C28H41N3O6. The van der Waals surface area contributed by atoms with Crippen molar-refractivity contribution < 1.29 is 28.9 Å². The molecule has 2 aliphatic heterocycles. The average molecular weight is 516 g/mol. The van der Waals surface area contributed by atoms with Gasteiger partial charge in [0.15, 0.2) is 6.29 Å². The van der Waals surface area contributed by atoms with Crippen LogP contribution < -0.4 is 10.6 Å². The van der Waals surface area contributed by atoms with Crippen LogP contribution in [0.2, 0.25) is 0 Å². The van der Waals surface area contributed by atoms with Gasteiger partial charge in [-0.05, 0) is 45.1 Å². The number of carbonyl (C=O) groups excluding carboxylic acids is 2. The van der Waals surface area contributed by atoms with E-state index in [2.05, 4.69) is 10.6 Å². The number of hydrogen-bond donors (Lipinski definition) is 3. The molecular weight excluding hydrogens is 474 g/mol. The second kappa shape index (κ2) is 11.4. The van der Waals surface area contributed by atoms with Crippen LogP contribution in [0.5, 0.6) is 0 Å². The molecule has 2 saturated heterocycles. The number of benzene rings is 1. The van der Waals surface area contributed by atoms with Crippen LogP contribution in [0, 0.1) is 17.8 Å². The Kier molecular flexibility index (Phi) is 8.46. The second-order valence-electron chi connectivity index (χ2n) is 11.8. The standard InChI is InChI=1S/C28H41N3O6/c1-17(2)13-31(26(33)30-28(3,4)5)14-23(32)22(11-18-9-7-6-8-10-18)29-27(34)37-24-19-12-20-21(24)16-36-25(20)35-15-19/h6-10,17,19-20,22-23,25,32H,11-16H2,1-5H3,(H,29,34)(H,30,33)/t19?,20?,22-,23+,25?/m0/s1. The first-order valence-electron chi connectivity index (χ1n) is 13.2. The van der Waals surface area contributed by atoms with Gasteiger partial charge in [-0.1, -0.05) is 44.2 Å². The van der Waals surface area contributed by atoms with Crippen LogP contribution in [0.15, 0.2) is 41.7 Å². The molecule has 1 aromatic rings. The van der Waals surface area contributed by atoms with Crippen LogP contribution in [0.25, 0.3) is 0 Å². The minimum atomic E-state index is -1.01. The van der Waals surface area contributed by atoms with Gasteiger partial charge in [0.05, 0.1) is 31.9 Å². The molecule has 0 aromatic heterocycles. The van der Waals surface area contributed by atoms with Gasteiger partial charge >= 0.3 is 12.1 Å². The number of alkyl carbamates (subject to hydrolysis) is 1. The lowest BCUT2D eigenvalue weighted by molar-refractivity contribution is -0.161. The number of urea groups is 1. The van der Waals surface area contributed by atoms with Gasteiger partial charge in [-0.15, -0.1) is 0 Å². The zero-order valence-corrected chi connectivity index (χ0v) is 22.5. The highest BCUT2D eigenvalue weighted by atomic mass is 16.7. The van der Waals surface area contributed by atoms with Gasteiger partial charge < -0.3 is 34.9 Å². The van der Waals surface area contributed by atoms with Crippen LogP contribution in [0.3, 0.4) is 0 Å². The van der Waals surface area contributed by atoms with Crippen molar-refractivity contribution >= 4 is 12.1 Å². The third-order valence-corrected chi connectivity index (χ3v) is 6.90. The molecule has 2 bridgehead atoms. The zero-order valence-electron chi connectivity index (χ0n) is 22.5. The molecule has 9 nitrogen and oxygen atoms in total. The Morgan fingerprint density at radius 1 is 1.16 bits per heavy atom. The molecule has 3 aliphatic rings. The largest absolute Gasteiger partial charge is 0.414 e. The molecule has 0 radical (unpaired) electrons. The van der Waals surface area contributed by atoms with Crippen molar-refractivity contribution in [3.8, 4) is 0 Å². The van der Waals surface area contributed by atoms with E-state index in [1.165, 1.54) is 0 Å². The summed E-state index contributed by atoms with van der Waals surface area (Å²) in [6.45, 7) is 11.2. The zero-order chi connectivity index (χ0) is 26.7. The van der Waals surface area contributed by atoms with E-state index in [1.807, 2.05) is 65.0 Å². The predicted octanol–water partition coefficient (Wildman–Crippen LogP) is 3.43. The first kappa shape index (κ1) is 27.4. The number of aliphatic hydroxyl groups excluding tert-OH is 1. The summed E-state index contributed by atoms with van der Waals surface area (Å²) in [7, 11) is 0. The number of carbonyl (C=O) groups is 2.